The van der Waals surface area contributed by atoms with Gasteiger partial charge in [0.2, 0.25) is 11.9 Å². The summed E-state index contributed by atoms with van der Waals surface area (Å²) in [6, 6.07) is 14.0. The van der Waals surface area contributed by atoms with Gasteiger partial charge < -0.3 is 39.2 Å². The average Bonchev–Trinajstić information content (AvgIpc) is 3.85. The summed E-state index contributed by atoms with van der Waals surface area (Å²) in [5.41, 5.74) is 3.87. The highest BCUT2D eigenvalue weighted by molar-refractivity contribution is 7.15. The van der Waals surface area contributed by atoms with Crippen LogP contribution >= 0.6 is 34.5 Å². The van der Waals surface area contributed by atoms with E-state index in [9.17, 15) is 14.9 Å². The molecule has 1 saturated heterocycles. The molecule has 3 aliphatic rings. The Morgan fingerprint density at radius 3 is 2.18 bits per heavy atom. The SMILES string of the molecule is Cc1sc2c(c1C)C(c1ccc(Cl)cc1)=N[C@H](CC(=O)NCCOCCOCCOCCOC1CCN(c3ncc(C(=O)NC4C(C)(C)C(Oc5ccc(C#N)c(Cl)c5)C4(C)C)cn3)CC1)c1nnc(C)n1-2. The molecule has 0 bridgehead atoms. The topological polar surface area (TPSA) is 200 Å². The summed E-state index contributed by atoms with van der Waals surface area (Å²) in [6.07, 6.45) is 4.80. The Hall–Kier alpha value is -5.52. The van der Waals surface area contributed by atoms with E-state index in [0.717, 1.165) is 59.2 Å². The zero-order valence-corrected chi connectivity index (χ0v) is 44.1. The summed E-state index contributed by atoms with van der Waals surface area (Å²) in [4.78, 5) is 44.2. The lowest BCUT2D eigenvalue weighted by Crippen LogP contribution is -2.74. The summed E-state index contributed by atoms with van der Waals surface area (Å²) in [5, 5.41) is 26.2. The molecule has 1 aliphatic carbocycles. The maximum absolute atomic E-state index is 13.4. The van der Waals surface area contributed by atoms with Crippen LogP contribution in [0.2, 0.25) is 10.0 Å². The van der Waals surface area contributed by atoms with Gasteiger partial charge in [0.1, 0.15) is 34.8 Å². The van der Waals surface area contributed by atoms with E-state index < -0.39 is 16.9 Å². The fourth-order valence-electron chi connectivity index (χ4n) is 10.1. The molecular weight excluding hydrogens is 980 g/mol. The lowest BCUT2D eigenvalue weighted by molar-refractivity contribution is -0.164. The molecule has 5 aromatic rings. The number of benzene rings is 2. The Bertz CT molecular complexity index is 2770. The highest BCUT2D eigenvalue weighted by Crippen LogP contribution is 2.55. The molecule has 0 unspecified atom stereocenters. The Morgan fingerprint density at radius 1 is 0.875 bits per heavy atom. The molecule has 0 radical (unpaired) electrons. The van der Waals surface area contributed by atoms with Crippen LogP contribution in [0.3, 0.4) is 0 Å². The van der Waals surface area contributed by atoms with Gasteiger partial charge in [-0.15, -0.1) is 21.5 Å². The number of amides is 2. The number of aliphatic imine (C=N–C) groups is 1. The van der Waals surface area contributed by atoms with E-state index in [4.69, 9.17) is 51.9 Å². The predicted octanol–water partition coefficient (Wildman–Crippen LogP) is 7.97. The fourth-order valence-corrected chi connectivity index (χ4v) is 11.6. The molecule has 8 rings (SSSR count). The first-order valence-corrected chi connectivity index (χ1v) is 25.9. The molecule has 72 heavy (non-hydrogen) atoms. The average molecular weight is 1040 g/mol. The van der Waals surface area contributed by atoms with Crippen LogP contribution in [0.15, 0.2) is 59.9 Å². The number of thiophene rings is 1. The first-order chi connectivity index (χ1) is 34.6. The van der Waals surface area contributed by atoms with Gasteiger partial charge in [0.25, 0.3) is 5.91 Å². The van der Waals surface area contributed by atoms with Gasteiger partial charge in [-0.3, -0.25) is 19.1 Å². The monoisotopic (exact) mass is 1040 g/mol. The van der Waals surface area contributed by atoms with Gasteiger partial charge >= 0.3 is 0 Å². The van der Waals surface area contributed by atoms with Gasteiger partial charge in [0, 0.05) is 76.0 Å². The van der Waals surface area contributed by atoms with Crippen LogP contribution in [0.4, 0.5) is 5.95 Å². The summed E-state index contributed by atoms with van der Waals surface area (Å²) in [7, 11) is 0. The number of aryl methyl sites for hydroxylation is 2. The number of piperidine rings is 1. The minimum atomic E-state index is -0.546. The molecule has 382 valence electrons. The highest BCUT2D eigenvalue weighted by atomic mass is 35.5. The Balaban J connectivity index is 0.666. The van der Waals surface area contributed by atoms with E-state index >= 15 is 0 Å². The van der Waals surface area contributed by atoms with E-state index in [1.165, 1.54) is 4.88 Å². The third-order valence-electron chi connectivity index (χ3n) is 13.7. The standard InChI is InChI=1S/C52H62Cl2N10O7S/c1-31-32(2)72-47-43(31)44(34-8-11-37(53)12-9-34)59-41(45-62-61-33(3)64(45)47)27-42(65)56-16-19-67-20-21-68-22-23-69-24-25-70-38-14-17-63(18-15-38)50-57-29-36(30-58-50)46(66)60-48-51(4,5)49(52(48,6)7)71-39-13-10-35(28-55)40(54)26-39/h8-13,26,29-30,38,41,48-49H,14-25,27H2,1-7H3,(H,56,65)(H,60,66)/t41-,48?,49?/m1/s1. The number of nitriles is 1. The molecule has 2 N–H and O–H groups in total. The number of fused-ring (bicyclic) bond motifs is 3. The largest absolute Gasteiger partial charge is 0.489 e. The van der Waals surface area contributed by atoms with Crippen molar-refractivity contribution >= 4 is 58.0 Å². The number of halogens is 2. The quantitative estimate of drug-likeness (QED) is 0.0672. The molecule has 1 saturated carbocycles. The van der Waals surface area contributed by atoms with Crippen LogP contribution < -0.4 is 20.3 Å². The zero-order chi connectivity index (χ0) is 51.2. The van der Waals surface area contributed by atoms with Gasteiger partial charge in [-0.1, -0.05) is 63.0 Å². The second-order valence-corrected chi connectivity index (χ2v) is 21.5. The van der Waals surface area contributed by atoms with E-state index in [1.54, 1.807) is 41.9 Å². The number of ether oxygens (including phenoxy) is 5. The van der Waals surface area contributed by atoms with E-state index in [0.29, 0.717) is 91.5 Å². The number of anilines is 1. The van der Waals surface area contributed by atoms with Crippen LogP contribution in [0, 0.1) is 42.9 Å². The summed E-state index contributed by atoms with van der Waals surface area (Å²) in [6.45, 7) is 19.1. The Kier molecular flexibility index (Phi) is 17.0. The zero-order valence-electron chi connectivity index (χ0n) is 41.8. The Morgan fingerprint density at radius 2 is 1.53 bits per heavy atom. The number of hydrogen-bond acceptors (Lipinski definition) is 15. The molecule has 5 heterocycles. The van der Waals surface area contributed by atoms with E-state index in [2.05, 4.69) is 83.3 Å². The van der Waals surface area contributed by atoms with Crippen LogP contribution in [-0.2, 0) is 23.7 Å². The van der Waals surface area contributed by atoms with Crippen molar-refractivity contribution in [2.75, 3.05) is 70.8 Å². The summed E-state index contributed by atoms with van der Waals surface area (Å²) >= 11 is 14.2. The van der Waals surface area contributed by atoms with Crippen LogP contribution in [0.25, 0.3) is 5.00 Å². The minimum absolute atomic E-state index is 0.101. The Labute approximate surface area is 434 Å². The van der Waals surface area contributed by atoms with Gasteiger partial charge in [-0.2, -0.15) is 5.26 Å². The fraction of sp³-hybridized carbons (Fsp3) is 0.500. The summed E-state index contributed by atoms with van der Waals surface area (Å²) in [5.74, 6) is 2.13. The molecule has 17 nitrogen and oxygen atoms in total. The predicted molar refractivity (Wildman–Crippen MR) is 276 cm³/mol. The van der Waals surface area contributed by atoms with Crippen LogP contribution in [-0.4, -0.2) is 126 Å². The smallest absolute Gasteiger partial charge is 0.254 e. The van der Waals surface area contributed by atoms with Crippen molar-refractivity contribution in [3.63, 3.8) is 0 Å². The number of carbonyl (C=O) groups excluding carboxylic acids is 2. The van der Waals surface area contributed by atoms with Gasteiger partial charge in [0.15, 0.2) is 5.82 Å². The van der Waals surface area contributed by atoms with E-state index in [1.807, 2.05) is 35.8 Å². The van der Waals surface area contributed by atoms with E-state index in [-0.39, 0.29) is 36.5 Å². The van der Waals surface area contributed by atoms with Crippen molar-refractivity contribution < 1.29 is 33.3 Å². The molecule has 2 aliphatic heterocycles. The molecule has 2 amide bonds. The van der Waals surface area contributed by atoms with Gasteiger partial charge in [0.05, 0.1) is 80.6 Å². The number of rotatable bonds is 21. The third-order valence-corrected chi connectivity index (χ3v) is 15.4. The molecular formula is C52H62Cl2N10O7S. The first-order valence-electron chi connectivity index (χ1n) is 24.3. The van der Waals surface area contributed by atoms with Crippen LogP contribution in [0.5, 0.6) is 5.75 Å². The second-order valence-electron chi connectivity index (χ2n) is 19.4. The van der Waals surface area contributed by atoms with Gasteiger partial charge in [-0.25, -0.2) is 9.97 Å². The van der Waals surface area contributed by atoms with Crippen molar-refractivity contribution in [2.45, 2.75) is 92.0 Å². The number of nitrogens with zero attached hydrogens (tertiary/aromatic N) is 8. The molecule has 3 aromatic heterocycles. The maximum atomic E-state index is 13.4. The van der Waals surface area contributed by atoms with Crippen LogP contribution in [0.1, 0.15) is 102 Å². The summed E-state index contributed by atoms with van der Waals surface area (Å²) < 4.78 is 31.6. The molecule has 0 spiro atoms. The third kappa shape index (κ3) is 11.8. The van der Waals surface area contributed by atoms with Crippen molar-refractivity contribution in [1.82, 2.24) is 35.4 Å². The minimum Gasteiger partial charge on any atom is -0.489 e. The lowest BCUT2D eigenvalue weighted by atomic mass is 9.49. The molecule has 20 heteroatoms. The van der Waals surface area contributed by atoms with Crippen molar-refractivity contribution in [3.05, 3.63) is 109 Å². The number of aromatic nitrogens is 5. The van der Waals surface area contributed by atoms with Gasteiger partial charge in [-0.05, 0) is 63.4 Å². The number of hydrogen-bond donors (Lipinski definition) is 2. The normalized spacial score (nSPS) is 19.0. The van der Waals surface area contributed by atoms with Crippen molar-refractivity contribution in [3.8, 4) is 16.8 Å². The second kappa shape index (κ2) is 23.1. The number of nitrogens with one attached hydrogen (secondary N) is 2. The molecule has 2 aromatic carbocycles. The molecule has 1 atom stereocenters. The number of carbonyl (C=O) groups is 2. The van der Waals surface area contributed by atoms with Crippen molar-refractivity contribution in [2.24, 2.45) is 15.8 Å². The molecule has 2 fully saturated rings. The first kappa shape index (κ1) is 52.8. The highest BCUT2D eigenvalue weighted by Gasteiger charge is 2.64. The lowest BCUT2D eigenvalue weighted by Gasteiger charge is -2.63. The maximum Gasteiger partial charge on any atom is 0.254 e. The van der Waals surface area contributed by atoms with Crippen molar-refractivity contribution in [1.29, 1.82) is 5.26 Å².